The van der Waals surface area contributed by atoms with Crippen LogP contribution < -0.4 is 10.5 Å². The Morgan fingerprint density at radius 3 is 2.45 bits per heavy atom. The first kappa shape index (κ1) is 25.4. The molecule has 1 heterocycles. The lowest BCUT2D eigenvalue weighted by Crippen LogP contribution is -2.48. The lowest BCUT2D eigenvalue weighted by Gasteiger charge is -2.27. The van der Waals surface area contributed by atoms with Crippen molar-refractivity contribution in [2.45, 2.75) is 31.7 Å². The molecule has 0 amide bonds. The number of halogens is 1. The number of aromatic nitrogens is 1. The van der Waals surface area contributed by atoms with Crippen LogP contribution in [0.4, 0.5) is 0 Å². The van der Waals surface area contributed by atoms with Crippen molar-refractivity contribution in [3.05, 3.63) is 65.2 Å². The van der Waals surface area contributed by atoms with Gasteiger partial charge in [0.15, 0.2) is 5.89 Å². The predicted octanol–water partition coefficient (Wildman–Crippen LogP) is 4.08. The molecule has 9 nitrogen and oxygen atoms in total. The Morgan fingerprint density at radius 1 is 1.18 bits per heavy atom. The molecule has 0 bridgehead atoms. The quantitative estimate of drug-likeness (QED) is 0.288. The molecule has 0 radical (unpaired) electrons. The molecule has 33 heavy (non-hydrogen) atoms. The highest BCUT2D eigenvalue weighted by molar-refractivity contribution is 7.46. The van der Waals surface area contributed by atoms with Gasteiger partial charge in [0.2, 0.25) is 0 Å². The minimum atomic E-state index is -4.68. The van der Waals surface area contributed by atoms with Crippen molar-refractivity contribution in [3.63, 3.8) is 0 Å². The van der Waals surface area contributed by atoms with E-state index in [9.17, 15) is 9.67 Å². The lowest BCUT2D eigenvalue weighted by atomic mass is 9.94. The largest absolute Gasteiger partial charge is 0.469 e. The van der Waals surface area contributed by atoms with E-state index in [4.69, 9.17) is 36.3 Å². The van der Waals surface area contributed by atoms with E-state index in [1.54, 1.807) is 24.5 Å². The van der Waals surface area contributed by atoms with Crippen molar-refractivity contribution in [3.8, 4) is 22.8 Å². The fourth-order valence-electron chi connectivity index (χ4n) is 3.02. The van der Waals surface area contributed by atoms with E-state index in [1.165, 1.54) is 0 Å². The number of aliphatic hydroxyl groups excluding tert-OH is 1. The number of benzene rings is 2. The molecule has 2 aromatic carbocycles. The molecule has 0 fully saturated rings. The molecule has 178 valence electrons. The number of hydrogen-bond donors (Lipinski definition) is 4. The topological polar surface area (TPSA) is 148 Å². The maximum atomic E-state index is 10.9. The molecule has 3 rings (SSSR count). The Labute approximate surface area is 196 Å². The highest BCUT2D eigenvalue weighted by Crippen LogP contribution is 2.37. The Morgan fingerprint density at radius 2 is 1.88 bits per heavy atom. The number of ether oxygens (including phenoxy) is 1. The molecule has 1 unspecified atom stereocenters. The van der Waals surface area contributed by atoms with Gasteiger partial charge in [-0.05, 0) is 54.8 Å². The molecule has 1 atom stereocenters. The van der Waals surface area contributed by atoms with Gasteiger partial charge in [0, 0.05) is 17.0 Å². The first-order valence-corrected chi connectivity index (χ1v) is 12.1. The van der Waals surface area contributed by atoms with E-state index in [0.717, 1.165) is 23.2 Å². The summed E-state index contributed by atoms with van der Waals surface area (Å²) in [5, 5.41) is 9.96. The van der Waals surface area contributed by atoms with Gasteiger partial charge < -0.3 is 29.8 Å². The summed E-state index contributed by atoms with van der Waals surface area (Å²) in [5.74, 6) is 1.84. The van der Waals surface area contributed by atoms with E-state index in [2.05, 4.69) is 9.51 Å². The van der Waals surface area contributed by atoms with Crippen LogP contribution in [0.2, 0.25) is 5.02 Å². The average molecular weight is 497 g/mol. The van der Waals surface area contributed by atoms with Crippen molar-refractivity contribution >= 4 is 19.4 Å². The fraction of sp³-hybridized carbons (Fsp3) is 0.318. The summed E-state index contributed by atoms with van der Waals surface area (Å²) in [6.07, 6.45) is 2.92. The standard InChI is InChI=1S/C22H26ClN2O7P/c1-2-21-25-20(12-30-21)16-4-6-17(7-5-16)32-18-8-3-15(19(23)11-18)9-10-22(24,13-26)14-31-33(27,28)29/h3-8,11-12,26H,2,9-10,13-14,24H2,1H3,(H2,27,28,29). The number of phosphoric acid groups is 1. The summed E-state index contributed by atoms with van der Waals surface area (Å²) in [5.41, 5.74) is 7.11. The van der Waals surface area contributed by atoms with Crippen LogP contribution in [0.1, 0.15) is 24.8 Å². The monoisotopic (exact) mass is 496 g/mol. The molecule has 11 heteroatoms. The zero-order chi connectivity index (χ0) is 24.1. The second-order valence-corrected chi connectivity index (χ2v) is 9.29. The molecule has 0 saturated carbocycles. The summed E-state index contributed by atoms with van der Waals surface area (Å²) >= 11 is 6.38. The van der Waals surface area contributed by atoms with E-state index >= 15 is 0 Å². The second kappa shape index (κ2) is 10.8. The summed E-state index contributed by atoms with van der Waals surface area (Å²) in [4.78, 5) is 22.1. The summed E-state index contributed by atoms with van der Waals surface area (Å²) < 4.78 is 26.6. The number of aliphatic hydroxyl groups is 1. The summed E-state index contributed by atoms with van der Waals surface area (Å²) in [6, 6.07) is 12.6. The number of phosphoric ester groups is 1. The minimum absolute atomic E-state index is 0.201. The number of nitrogens with zero attached hydrogens (tertiary/aromatic N) is 1. The molecule has 0 aliphatic rings. The molecule has 0 spiro atoms. The van der Waals surface area contributed by atoms with E-state index in [-0.39, 0.29) is 6.42 Å². The molecule has 3 aromatic rings. The number of oxazole rings is 1. The van der Waals surface area contributed by atoms with Crippen molar-refractivity contribution in [1.82, 2.24) is 4.98 Å². The smallest absolute Gasteiger partial charge is 0.457 e. The van der Waals surface area contributed by atoms with Crippen molar-refractivity contribution in [2.75, 3.05) is 13.2 Å². The molecule has 0 aliphatic carbocycles. The van der Waals surface area contributed by atoms with E-state index in [1.807, 2.05) is 31.2 Å². The number of aryl methyl sites for hydroxylation is 2. The molecule has 5 N–H and O–H groups in total. The second-order valence-electron chi connectivity index (χ2n) is 7.64. The first-order valence-electron chi connectivity index (χ1n) is 10.2. The van der Waals surface area contributed by atoms with Crippen LogP contribution in [-0.4, -0.2) is 38.6 Å². The van der Waals surface area contributed by atoms with Gasteiger partial charge in [-0.15, -0.1) is 0 Å². The van der Waals surface area contributed by atoms with Gasteiger partial charge in [-0.1, -0.05) is 24.6 Å². The van der Waals surface area contributed by atoms with Crippen molar-refractivity contribution < 1.29 is 33.1 Å². The van der Waals surface area contributed by atoms with Gasteiger partial charge >= 0.3 is 7.82 Å². The predicted molar refractivity (Wildman–Crippen MR) is 123 cm³/mol. The van der Waals surface area contributed by atoms with Crippen LogP contribution in [0.5, 0.6) is 11.5 Å². The maximum absolute atomic E-state index is 10.9. The highest BCUT2D eigenvalue weighted by atomic mass is 35.5. The van der Waals surface area contributed by atoms with Gasteiger partial charge in [-0.2, -0.15) is 0 Å². The number of rotatable bonds is 11. The minimum Gasteiger partial charge on any atom is -0.457 e. The van der Waals surface area contributed by atoms with Crippen LogP contribution in [-0.2, 0) is 21.9 Å². The summed E-state index contributed by atoms with van der Waals surface area (Å²) in [6.45, 7) is 0.982. The van der Waals surface area contributed by atoms with Gasteiger partial charge in [0.1, 0.15) is 23.5 Å². The Balaban J connectivity index is 1.61. The van der Waals surface area contributed by atoms with Gasteiger partial charge in [0.05, 0.1) is 18.8 Å². The number of hydrogen-bond acceptors (Lipinski definition) is 7. The van der Waals surface area contributed by atoms with Crippen LogP contribution >= 0.6 is 19.4 Å². The van der Waals surface area contributed by atoms with E-state index < -0.39 is 26.6 Å². The van der Waals surface area contributed by atoms with Crippen LogP contribution in [0.25, 0.3) is 11.3 Å². The van der Waals surface area contributed by atoms with Gasteiger partial charge in [-0.3, -0.25) is 4.52 Å². The highest BCUT2D eigenvalue weighted by Gasteiger charge is 2.28. The molecule has 1 aromatic heterocycles. The van der Waals surface area contributed by atoms with Crippen LogP contribution in [0.15, 0.2) is 53.1 Å². The van der Waals surface area contributed by atoms with Gasteiger partial charge in [0.25, 0.3) is 0 Å². The molecule has 0 saturated heterocycles. The van der Waals surface area contributed by atoms with Crippen molar-refractivity contribution in [2.24, 2.45) is 5.73 Å². The number of nitrogens with two attached hydrogens (primary N) is 1. The zero-order valence-corrected chi connectivity index (χ0v) is 19.6. The first-order chi connectivity index (χ1) is 15.6. The third-order valence-corrected chi connectivity index (χ3v) is 5.81. The third kappa shape index (κ3) is 7.38. The normalized spacial score (nSPS) is 13.6. The van der Waals surface area contributed by atoms with Crippen LogP contribution in [0.3, 0.4) is 0 Å². The van der Waals surface area contributed by atoms with Gasteiger partial charge in [-0.25, -0.2) is 9.55 Å². The Kier molecular flexibility index (Phi) is 8.31. The molecular weight excluding hydrogens is 471 g/mol. The Bertz CT molecular complexity index is 1120. The van der Waals surface area contributed by atoms with Crippen LogP contribution in [0, 0.1) is 0 Å². The maximum Gasteiger partial charge on any atom is 0.469 e. The average Bonchev–Trinajstić information content (AvgIpc) is 3.27. The molecule has 0 aliphatic heterocycles. The molecular formula is C22H26ClN2O7P. The van der Waals surface area contributed by atoms with E-state index in [0.29, 0.717) is 28.8 Å². The SMILES string of the molecule is CCc1nc(-c2ccc(Oc3ccc(CCC(N)(CO)COP(=O)(O)O)c(Cl)c3)cc2)co1. The lowest BCUT2D eigenvalue weighted by molar-refractivity contribution is 0.102. The zero-order valence-electron chi connectivity index (χ0n) is 18.0. The summed E-state index contributed by atoms with van der Waals surface area (Å²) in [7, 11) is -4.68. The van der Waals surface area contributed by atoms with Crippen molar-refractivity contribution in [1.29, 1.82) is 0 Å². The Hall–Kier alpha value is -2.23. The fourth-order valence-corrected chi connectivity index (χ4v) is 3.71. The third-order valence-electron chi connectivity index (χ3n) is 4.99.